The molecule has 0 saturated carbocycles. The lowest BCUT2D eigenvalue weighted by molar-refractivity contribution is -0.161. The van der Waals surface area contributed by atoms with Gasteiger partial charge in [-0.1, -0.05) is 20.8 Å². The lowest BCUT2D eigenvalue weighted by Crippen LogP contribution is -2.35. The zero-order valence-electron chi connectivity index (χ0n) is 8.52. The maximum atomic E-state index is 12.5. The van der Waals surface area contributed by atoms with E-state index in [-0.39, 0.29) is 4.91 Å². The van der Waals surface area contributed by atoms with E-state index in [1.165, 1.54) is 0 Å². The molecule has 1 nitrogen and oxygen atoms in total. The van der Waals surface area contributed by atoms with Crippen molar-refractivity contribution in [3.63, 3.8) is 0 Å². The molecule has 0 aliphatic heterocycles. The van der Waals surface area contributed by atoms with Gasteiger partial charge >= 0.3 is 12.3 Å². The largest absolute Gasteiger partial charge is 0.368 e. The van der Waals surface area contributed by atoms with Gasteiger partial charge in [0.25, 0.3) is 0 Å². The summed E-state index contributed by atoms with van der Waals surface area (Å²) in [5.41, 5.74) is -0.628. The van der Waals surface area contributed by atoms with Gasteiger partial charge in [0.1, 0.15) is 0 Å². The van der Waals surface area contributed by atoms with Crippen LogP contribution in [0.1, 0.15) is 20.8 Å². The van der Waals surface area contributed by atoms with Crippen LogP contribution in [0.4, 0.5) is 17.6 Å². The van der Waals surface area contributed by atoms with Gasteiger partial charge in [0.2, 0.25) is 5.78 Å². The van der Waals surface area contributed by atoms with E-state index in [1.807, 2.05) is 0 Å². The molecule has 0 N–H and O–H groups in total. The fourth-order valence-corrected chi connectivity index (χ4v) is 0.662. The van der Waals surface area contributed by atoms with Crippen LogP contribution in [0.2, 0.25) is 0 Å². The SMILES string of the molecule is CC(C)(C)/C(S)=C/C(=O)C(F)(F)C(F)F. The highest BCUT2D eigenvalue weighted by molar-refractivity contribution is 7.84. The van der Waals surface area contributed by atoms with Crippen molar-refractivity contribution in [3.05, 3.63) is 11.0 Å². The van der Waals surface area contributed by atoms with Crippen molar-refractivity contribution < 1.29 is 22.4 Å². The summed E-state index contributed by atoms with van der Waals surface area (Å²) in [5, 5.41) is 0. The predicted octanol–water partition coefficient (Wildman–Crippen LogP) is 3.32. The summed E-state index contributed by atoms with van der Waals surface area (Å²) in [6.07, 6.45) is -3.54. The highest BCUT2D eigenvalue weighted by Gasteiger charge is 2.47. The molecule has 0 amide bonds. The molecular formula is C9H12F4OS. The summed E-state index contributed by atoms with van der Waals surface area (Å²) in [4.78, 5) is 10.8. The Bertz CT molecular complexity index is 278. The van der Waals surface area contributed by atoms with Gasteiger partial charge in [0.15, 0.2) is 0 Å². The summed E-state index contributed by atoms with van der Waals surface area (Å²) < 4.78 is 48.6. The fourth-order valence-electron chi connectivity index (χ4n) is 0.544. The standard InChI is InChI=1S/C9H12F4OS/c1-8(2,3)6(15)4-5(14)9(12,13)7(10)11/h4,7,15H,1-3H3/b6-4-. The molecule has 0 aromatic carbocycles. The maximum absolute atomic E-state index is 12.5. The first kappa shape index (κ1) is 14.5. The summed E-state index contributed by atoms with van der Waals surface area (Å²) >= 11 is 3.81. The second kappa shape index (κ2) is 4.55. The second-order valence-corrected chi connectivity index (χ2v) is 4.55. The van der Waals surface area contributed by atoms with E-state index in [2.05, 4.69) is 12.6 Å². The van der Waals surface area contributed by atoms with E-state index in [4.69, 9.17) is 0 Å². The number of carbonyl (C=O) groups is 1. The smallest absolute Gasteiger partial charge is 0.288 e. The Labute approximate surface area is 90.9 Å². The Balaban J connectivity index is 4.92. The molecule has 0 rings (SSSR count). The first-order valence-electron chi connectivity index (χ1n) is 4.11. The summed E-state index contributed by atoms with van der Waals surface area (Å²) in [6, 6.07) is 0. The van der Waals surface area contributed by atoms with Gasteiger partial charge in [-0.3, -0.25) is 4.79 Å². The van der Waals surface area contributed by atoms with Crippen LogP contribution < -0.4 is 0 Å². The quantitative estimate of drug-likeness (QED) is 0.458. The third-order valence-corrected chi connectivity index (χ3v) is 2.44. The second-order valence-electron chi connectivity index (χ2n) is 4.07. The van der Waals surface area contributed by atoms with Crippen molar-refractivity contribution in [1.29, 1.82) is 0 Å². The average Bonchev–Trinajstić information content (AvgIpc) is 2.01. The number of alkyl halides is 4. The van der Waals surface area contributed by atoms with Crippen LogP contribution >= 0.6 is 12.6 Å². The van der Waals surface area contributed by atoms with Crippen molar-refractivity contribution in [2.45, 2.75) is 33.1 Å². The van der Waals surface area contributed by atoms with Gasteiger partial charge in [0.05, 0.1) is 0 Å². The molecule has 0 aromatic rings. The van der Waals surface area contributed by atoms with E-state index in [1.54, 1.807) is 20.8 Å². The van der Waals surface area contributed by atoms with Gasteiger partial charge in [-0.05, 0) is 16.4 Å². The molecule has 0 radical (unpaired) electrons. The Morgan fingerprint density at radius 2 is 1.67 bits per heavy atom. The van der Waals surface area contributed by atoms with Crippen LogP contribution in [0, 0.1) is 5.41 Å². The molecule has 6 heteroatoms. The monoisotopic (exact) mass is 244 g/mol. The Morgan fingerprint density at radius 3 is 1.93 bits per heavy atom. The maximum Gasteiger partial charge on any atom is 0.368 e. The fraction of sp³-hybridized carbons (Fsp3) is 0.667. The van der Waals surface area contributed by atoms with Gasteiger partial charge < -0.3 is 0 Å². The van der Waals surface area contributed by atoms with E-state index >= 15 is 0 Å². The van der Waals surface area contributed by atoms with Crippen molar-refractivity contribution in [2.75, 3.05) is 0 Å². The highest BCUT2D eigenvalue weighted by atomic mass is 32.1. The van der Waals surface area contributed by atoms with Crippen molar-refractivity contribution >= 4 is 18.4 Å². The molecule has 0 fully saturated rings. The van der Waals surface area contributed by atoms with Crippen molar-refractivity contribution in [2.24, 2.45) is 5.41 Å². The van der Waals surface area contributed by atoms with Crippen LogP contribution in [0.15, 0.2) is 11.0 Å². The Morgan fingerprint density at radius 1 is 1.27 bits per heavy atom. The molecule has 0 unspecified atom stereocenters. The number of halogens is 4. The molecule has 15 heavy (non-hydrogen) atoms. The van der Waals surface area contributed by atoms with Gasteiger partial charge in [0, 0.05) is 0 Å². The first-order valence-corrected chi connectivity index (χ1v) is 4.56. The number of hydrogen-bond acceptors (Lipinski definition) is 2. The van der Waals surface area contributed by atoms with Crippen molar-refractivity contribution in [1.82, 2.24) is 0 Å². The van der Waals surface area contributed by atoms with Crippen LogP contribution in [0.5, 0.6) is 0 Å². The Hall–Kier alpha value is -0.520. The Kier molecular flexibility index (Phi) is 4.39. The summed E-state index contributed by atoms with van der Waals surface area (Å²) in [5.74, 6) is -6.56. The predicted molar refractivity (Wildman–Crippen MR) is 52.5 cm³/mol. The van der Waals surface area contributed by atoms with Crippen molar-refractivity contribution in [3.8, 4) is 0 Å². The minimum atomic E-state index is -4.64. The number of rotatable bonds is 3. The minimum absolute atomic E-state index is 0.0350. The third kappa shape index (κ3) is 3.85. The van der Waals surface area contributed by atoms with E-state index in [0.717, 1.165) is 0 Å². The number of allylic oxidation sites excluding steroid dienone is 2. The zero-order chi connectivity index (χ0) is 12.4. The highest BCUT2D eigenvalue weighted by Crippen LogP contribution is 2.31. The number of carbonyl (C=O) groups excluding carboxylic acids is 1. The molecule has 0 spiro atoms. The lowest BCUT2D eigenvalue weighted by atomic mass is 9.94. The normalized spacial score (nSPS) is 14.6. The number of hydrogen-bond donors (Lipinski definition) is 1. The molecule has 0 aliphatic rings. The minimum Gasteiger partial charge on any atom is -0.288 e. The zero-order valence-corrected chi connectivity index (χ0v) is 9.42. The van der Waals surface area contributed by atoms with Gasteiger partial charge in [-0.25, -0.2) is 8.78 Å². The molecular weight excluding hydrogens is 232 g/mol. The van der Waals surface area contributed by atoms with E-state index in [0.29, 0.717) is 6.08 Å². The van der Waals surface area contributed by atoms with Crippen LogP contribution in [-0.2, 0) is 4.79 Å². The molecule has 0 atom stereocenters. The molecule has 0 bridgehead atoms. The average molecular weight is 244 g/mol. The first-order chi connectivity index (χ1) is 6.49. The molecule has 88 valence electrons. The molecule has 0 saturated heterocycles. The topological polar surface area (TPSA) is 17.1 Å². The van der Waals surface area contributed by atoms with Gasteiger partial charge in [-0.15, -0.1) is 12.6 Å². The van der Waals surface area contributed by atoms with Crippen LogP contribution in [0.3, 0.4) is 0 Å². The number of thiol groups is 1. The van der Waals surface area contributed by atoms with E-state index < -0.39 is 23.5 Å². The summed E-state index contributed by atoms with van der Waals surface area (Å²) in [6.45, 7) is 4.87. The van der Waals surface area contributed by atoms with Gasteiger partial charge in [-0.2, -0.15) is 8.78 Å². The lowest BCUT2D eigenvalue weighted by Gasteiger charge is -2.19. The molecule has 0 aliphatic carbocycles. The van der Waals surface area contributed by atoms with E-state index in [9.17, 15) is 22.4 Å². The third-order valence-electron chi connectivity index (χ3n) is 1.64. The molecule has 0 aromatic heterocycles. The molecule has 0 heterocycles. The number of ketones is 1. The van der Waals surface area contributed by atoms with Crippen LogP contribution in [-0.4, -0.2) is 18.1 Å². The summed E-state index contributed by atoms with van der Waals surface area (Å²) in [7, 11) is 0. The van der Waals surface area contributed by atoms with Crippen LogP contribution in [0.25, 0.3) is 0 Å².